The Morgan fingerprint density at radius 3 is 3.04 bits per heavy atom. The Balaban J connectivity index is 1.63. The molecule has 0 spiro atoms. The van der Waals surface area contributed by atoms with Crippen molar-refractivity contribution in [2.24, 2.45) is 0 Å². The molecule has 1 aliphatic rings. The average Bonchev–Trinajstić information content (AvgIpc) is 2.64. The number of benzene rings is 1. The number of para-hydroxylation sites is 1. The van der Waals surface area contributed by atoms with Gasteiger partial charge in [0.2, 0.25) is 0 Å². The summed E-state index contributed by atoms with van der Waals surface area (Å²) >= 11 is 1.54. The molecular weight excluding hydrogens is 336 g/mol. The zero-order valence-corrected chi connectivity index (χ0v) is 14.7. The zero-order valence-electron chi connectivity index (χ0n) is 13.9. The maximum absolute atomic E-state index is 12.8. The Labute approximate surface area is 149 Å². The van der Waals surface area contributed by atoms with Crippen molar-refractivity contribution in [3.8, 4) is 0 Å². The SMILES string of the molecule is CSc1ncc2c(n1)CCN(Cc1c(N)oc3ccccc3c1=O)C2. The third-order valence-corrected chi connectivity index (χ3v) is 5.04. The predicted octanol–water partition coefficient (Wildman–Crippen LogP) is 2.45. The molecule has 2 aromatic heterocycles. The molecule has 25 heavy (non-hydrogen) atoms. The highest BCUT2D eigenvalue weighted by molar-refractivity contribution is 7.98. The molecule has 0 atom stereocenters. The van der Waals surface area contributed by atoms with E-state index in [0.29, 0.717) is 29.6 Å². The van der Waals surface area contributed by atoms with Crippen LogP contribution in [0.3, 0.4) is 0 Å². The molecule has 1 aliphatic heterocycles. The molecule has 0 bridgehead atoms. The summed E-state index contributed by atoms with van der Waals surface area (Å²) in [5.41, 5.74) is 9.20. The molecule has 3 aromatic rings. The molecule has 0 unspecified atom stereocenters. The van der Waals surface area contributed by atoms with Gasteiger partial charge in [-0.2, -0.15) is 0 Å². The van der Waals surface area contributed by atoms with Crippen molar-refractivity contribution in [3.05, 3.63) is 57.5 Å². The van der Waals surface area contributed by atoms with Crippen molar-refractivity contribution < 1.29 is 4.42 Å². The van der Waals surface area contributed by atoms with Gasteiger partial charge in [-0.05, 0) is 18.4 Å². The first kappa shape index (κ1) is 16.1. The fourth-order valence-corrected chi connectivity index (χ4v) is 3.52. The van der Waals surface area contributed by atoms with E-state index in [1.54, 1.807) is 23.9 Å². The highest BCUT2D eigenvalue weighted by atomic mass is 32.2. The van der Waals surface area contributed by atoms with Gasteiger partial charge >= 0.3 is 0 Å². The molecule has 7 heteroatoms. The first-order chi connectivity index (χ1) is 12.2. The van der Waals surface area contributed by atoms with Gasteiger partial charge in [-0.15, -0.1) is 0 Å². The van der Waals surface area contributed by atoms with E-state index in [2.05, 4.69) is 14.9 Å². The lowest BCUT2D eigenvalue weighted by Crippen LogP contribution is -2.33. The molecule has 2 N–H and O–H groups in total. The van der Waals surface area contributed by atoms with Crippen LogP contribution in [0.15, 0.2) is 44.8 Å². The van der Waals surface area contributed by atoms with E-state index in [1.807, 2.05) is 24.6 Å². The second kappa shape index (κ2) is 6.50. The number of thioether (sulfide) groups is 1. The molecule has 0 fully saturated rings. The van der Waals surface area contributed by atoms with Gasteiger partial charge < -0.3 is 10.2 Å². The van der Waals surface area contributed by atoms with Gasteiger partial charge in [-0.1, -0.05) is 23.9 Å². The molecule has 3 heterocycles. The van der Waals surface area contributed by atoms with E-state index < -0.39 is 0 Å². The third kappa shape index (κ3) is 3.01. The van der Waals surface area contributed by atoms with E-state index in [-0.39, 0.29) is 11.3 Å². The quantitative estimate of drug-likeness (QED) is 0.571. The van der Waals surface area contributed by atoms with E-state index in [0.717, 1.165) is 29.4 Å². The van der Waals surface area contributed by atoms with Crippen LogP contribution in [0.2, 0.25) is 0 Å². The molecule has 6 nitrogen and oxygen atoms in total. The van der Waals surface area contributed by atoms with Crippen molar-refractivity contribution in [2.75, 3.05) is 18.5 Å². The van der Waals surface area contributed by atoms with Gasteiger partial charge in [0.15, 0.2) is 16.5 Å². The number of fused-ring (bicyclic) bond motifs is 2. The van der Waals surface area contributed by atoms with Crippen LogP contribution in [-0.4, -0.2) is 27.7 Å². The number of anilines is 1. The lowest BCUT2D eigenvalue weighted by atomic mass is 10.1. The topological polar surface area (TPSA) is 85.2 Å². The van der Waals surface area contributed by atoms with E-state index >= 15 is 0 Å². The Morgan fingerprint density at radius 2 is 2.20 bits per heavy atom. The van der Waals surface area contributed by atoms with Gasteiger partial charge in [0, 0.05) is 37.8 Å². The number of aromatic nitrogens is 2. The Morgan fingerprint density at radius 1 is 1.36 bits per heavy atom. The van der Waals surface area contributed by atoms with Gasteiger partial charge in [-0.25, -0.2) is 9.97 Å². The van der Waals surface area contributed by atoms with Gasteiger partial charge in [0.05, 0.1) is 16.6 Å². The lowest BCUT2D eigenvalue weighted by Gasteiger charge is -2.27. The molecule has 4 rings (SSSR count). The largest absolute Gasteiger partial charge is 0.440 e. The molecule has 1 aromatic carbocycles. The van der Waals surface area contributed by atoms with Crippen LogP contribution in [0.5, 0.6) is 0 Å². The van der Waals surface area contributed by atoms with E-state index in [9.17, 15) is 4.79 Å². The first-order valence-corrected chi connectivity index (χ1v) is 9.29. The third-order valence-electron chi connectivity index (χ3n) is 4.48. The van der Waals surface area contributed by atoms with Crippen molar-refractivity contribution in [3.63, 3.8) is 0 Å². The fourth-order valence-electron chi connectivity index (χ4n) is 3.16. The minimum atomic E-state index is -0.0564. The summed E-state index contributed by atoms with van der Waals surface area (Å²) in [6.07, 6.45) is 4.69. The lowest BCUT2D eigenvalue weighted by molar-refractivity contribution is 0.240. The van der Waals surface area contributed by atoms with Crippen LogP contribution in [0, 0.1) is 0 Å². The maximum Gasteiger partial charge on any atom is 0.199 e. The van der Waals surface area contributed by atoms with Crippen LogP contribution >= 0.6 is 11.8 Å². The number of nitrogens with zero attached hydrogens (tertiary/aromatic N) is 3. The van der Waals surface area contributed by atoms with Crippen LogP contribution in [0.1, 0.15) is 16.8 Å². The zero-order chi connectivity index (χ0) is 17.4. The summed E-state index contributed by atoms with van der Waals surface area (Å²) in [7, 11) is 0. The highest BCUT2D eigenvalue weighted by Gasteiger charge is 2.21. The summed E-state index contributed by atoms with van der Waals surface area (Å²) in [6.45, 7) is 1.99. The molecule has 128 valence electrons. The summed E-state index contributed by atoms with van der Waals surface area (Å²) in [5.74, 6) is 0.198. The molecule has 0 saturated heterocycles. The molecule has 0 radical (unpaired) electrons. The van der Waals surface area contributed by atoms with Crippen LogP contribution in [0.25, 0.3) is 11.0 Å². The highest BCUT2D eigenvalue weighted by Crippen LogP contribution is 2.23. The number of rotatable bonds is 3. The molecule has 0 aliphatic carbocycles. The number of hydrogen-bond acceptors (Lipinski definition) is 7. The van der Waals surface area contributed by atoms with Crippen LogP contribution < -0.4 is 11.2 Å². The van der Waals surface area contributed by atoms with Crippen LogP contribution in [0.4, 0.5) is 5.88 Å². The van der Waals surface area contributed by atoms with Crippen molar-refractivity contribution >= 4 is 28.6 Å². The smallest absolute Gasteiger partial charge is 0.199 e. The first-order valence-electron chi connectivity index (χ1n) is 8.07. The fraction of sp³-hybridized carbons (Fsp3) is 0.278. The summed E-state index contributed by atoms with van der Waals surface area (Å²) in [4.78, 5) is 23.9. The predicted molar refractivity (Wildman–Crippen MR) is 98.5 cm³/mol. The van der Waals surface area contributed by atoms with Gasteiger partial charge in [0.25, 0.3) is 0 Å². The Kier molecular flexibility index (Phi) is 4.19. The maximum atomic E-state index is 12.8. The molecular formula is C18H18N4O2S. The standard InChI is InChI=1S/C18H18N4O2S/c1-25-18-20-8-11-9-22(7-6-14(11)21-18)10-13-16(23)12-4-2-3-5-15(12)24-17(13)19/h2-5,8H,6-7,9-10,19H2,1H3. The van der Waals surface area contributed by atoms with Crippen LogP contribution in [-0.2, 0) is 19.5 Å². The molecule has 0 saturated carbocycles. The van der Waals surface area contributed by atoms with E-state index in [1.165, 1.54) is 0 Å². The van der Waals surface area contributed by atoms with Crippen molar-refractivity contribution in [1.82, 2.24) is 14.9 Å². The van der Waals surface area contributed by atoms with E-state index in [4.69, 9.17) is 10.2 Å². The number of nitrogens with two attached hydrogens (primary N) is 1. The number of nitrogen functional groups attached to an aromatic ring is 1. The Hall–Kier alpha value is -2.38. The van der Waals surface area contributed by atoms with Crippen molar-refractivity contribution in [1.29, 1.82) is 0 Å². The Bertz CT molecular complexity index is 1000. The minimum absolute atomic E-state index is 0.0564. The second-order valence-corrected chi connectivity index (χ2v) is 6.83. The minimum Gasteiger partial charge on any atom is -0.440 e. The summed E-state index contributed by atoms with van der Waals surface area (Å²) in [5, 5.41) is 1.36. The molecule has 0 amide bonds. The summed E-state index contributed by atoms with van der Waals surface area (Å²) in [6, 6.07) is 7.19. The number of hydrogen-bond donors (Lipinski definition) is 1. The normalized spacial score (nSPS) is 14.6. The van der Waals surface area contributed by atoms with Gasteiger partial charge in [0.1, 0.15) is 5.58 Å². The average molecular weight is 354 g/mol. The van der Waals surface area contributed by atoms with Gasteiger partial charge in [-0.3, -0.25) is 9.69 Å². The monoisotopic (exact) mass is 354 g/mol. The van der Waals surface area contributed by atoms with Crippen molar-refractivity contribution in [2.45, 2.75) is 24.7 Å². The summed E-state index contributed by atoms with van der Waals surface area (Å²) < 4.78 is 5.64. The second-order valence-electron chi connectivity index (χ2n) is 6.06.